The number of hydrogen-bond donors (Lipinski definition) is 2. The highest BCUT2D eigenvalue weighted by Crippen LogP contribution is 2.34. The first-order valence-corrected chi connectivity index (χ1v) is 8.61. The summed E-state index contributed by atoms with van der Waals surface area (Å²) in [5.41, 5.74) is 1.28. The van der Waals surface area contributed by atoms with Gasteiger partial charge in [0.25, 0.3) is 5.91 Å². The number of aromatic nitrogens is 1. The van der Waals surface area contributed by atoms with E-state index in [-0.39, 0.29) is 17.2 Å². The van der Waals surface area contributed by atoms with Crippen molar-refractivity contribution in [3.8, 4) is 5.75 Å². The molecule has 136 valence electrons. The number of amides is 1. The fraction of sp³-hybridized carbons (Fsp3) is 0.350. The second kappa shape index (κ2) is 7.66. The number of para-hydroxylation sites is 1. The summed E-state index contributed by atoms with van der Waals surface area (Å²) >= 11 is 0. The number of rotatable bonds is 7. The summed E-state index contributed by atoms with van der Waals surface area (Å²) in [6.45, 7) is 0. The normalized spacial score (nSPS) is 14.6. The summed E-state index contributed by atoms with van der Waals surface area (Å²) < 4.78 is 5.29. The van der Waals surface area contributed by atoms with Crippen molar-refractivity contribution in [2.45, 2.75) is 25.4 Å². The van der Waals surface area contributed by atoms with Crippen LogP contribution in [0.4, 0.5) is 0 Å². The Bertz CT molecular complexity index is 830. The van der Waals surface area contributed by atoms with Gasteiger partial charge in [0.2, 0.25) is 0 Å². The summed E-state index contributed by atoms with van der Waals surface area (Å²) in [5, 5.41) is 13.3. The number of nitrogens with one attached hydrogen (secondary N) is 1. The molecule has 1 saturated carbocycles. The molecule has 26 heavy (non-hydrogen) atoms. The van der Waals surface area contributed by atoms with Gasteiger partial charge in [-0.05, 0) is 37.0 Å². The first kappa shape index (κ1) is 18.1. The van der Waals surface area contributed by atoms with Crippen molar-refractivity contribution in [3.05, 3.63) is 58.9 Å². The van der Waals surface area contributed by atoms with Crippen molar-refractivity contribution in [2.75, 3.05) is 14.2 Å². The average molecular weight is 354 g/mol. The lowest BCUT2D eigenvalue weighted by atomic mass is 10.00. The van der Waals surface area contributed by atoms with E-state index < -0.39 is 12.0 Å². The molecule has 0 aliphatic heterocycles. The summed E-state index contributed by atoms with van der Waals surface area (Å²) in [6.07, 6.45) is 1.48. The van der Waals surface area contributed by atoms with Crippen LogP contribution in [0.2, 0.25) is 0 Å². The Kier molecular flexibility index (Phi) is 5.32. The zero-order valence-corrected chi connectivity index (χ0v) is 14.9. The van der Waals surface area contributed by atoms with E-state index in [1.165, 1.54) is 20.2 Å². The zero-order chi connectivity index (χ0) is 18.7. The lowest BCUT2D eigenvalue weighted by Gasteiger charge is -2.16. The SMILES string of the molecule is CNC(=O)c1cc(C(=O)CC2CC2)cc([C@H](O)c2ccccc2OC)n1. The molecule has 0 spiro atoms. The highest BCUT2D eigenvalue weighted by Gasteiger charge is 2.27. The largest absolute Gasteiger partial charge is 0.496 e. The molecule has 1 aliphatic carbocycles. The number of ether oxygens (including phenoxy) is 1. The first-order valence-electron chi connectivity index (χ1n) is 8.61. The molecule has 3 rings (SSSR count). The van der Waals surface area contributed by atoms with E-state index in [0.717, 1.165) is 12.8 Å². The Morgan fingerprint density at radius 3 is 2.69 bits per heavy atom. The van der Waals surface area contributed by atoms with E-state index >= 15 is 0 Å². The number of carbonyl (C=O) groups excluding carboxylic acids is 2. The molecule has 2 aromatic rings. The third-order valence-electron chi connectivity index (χ3n) is 4.51. The fourth-order valence-electron chi connectivity index (χ4n) is 2.85. The molecule has 1 atom stereocenters. The number of hydrogen-bond acceptors (Lipinski definition) is 5. The van der Waals surface area contributed by atoms with Crippen molar-refractivity contribution in [1.82, 2.24) is 10.3 Å². The van der Waals surface area contributed by atoms with Gasteiger partial charge in [0.05, 0.1) is 12.8 Å². The van der Waals surface area contributed by atoms with Gasteiger partial charge in [-0.25, -0.2) is 4.98 Å². The Labute approximate surface area is 152 Å². The van der Waals surface area contributed by atoms with Crippen molar-refractivity contribution >= 4 is 11.7 Å². The number of Topliss-reactive ketones (excluding diaryl/α,β-unsaturated/α-hetero) is 1. The molecule has 0 saturated heterocycles. The zero-order valence-electron chi connectivity index (χ0n) is 14.9. The molecule has 6 heteroatoms. The molecule has 1 aliphatic rings. The molecule has 0 unspecified atom stereocenters. The monoisotopic (exact) mass is 354 g/mol. The van der Waals surface area contributed by atoms with Gasteiger partial charge in [0.15, 0.2) is 5.78 Å². The molecule has 0 bridgehead atoms. The van der Waals surface area contributed by atoms with Crippen LogP contribution in [-0.4, -0.2) is 35.9 Å². The summed E-state index contributed by atoms with van der Waals surface area (Å²) in [7, 11) is 3.02. The number of aliphatic hydroxyl groups excluding tert-OH is 1. The van der Waals surface area contributed by atoms with Gasteiger partial charge in [-0.15, -0.1) is 0 Å². The average Bonchev–Trinajstić information content (AvgIpc) is 3.50. The van der Waals surface area contributed by atoms with Crippen LogP contribution in [0.5, 0.6) is 5.75 Å². The van der Waals surface area contributed by atoms with E-state index in [2.05, 4.69) is 10.3 Å². The van der Waals surface area contributed by atoms with E-state index in [4.69, 9.17) is 4.74 Å². The Morgan fingerprint density at radius 1 is 1.31 bits per heavy atom. The minimum Gasteiger partial charge on any atom is -0.496 e. The Balaban J connectivity index is 2.01. The van der Waals surface area contributed by atoms with Gasteiger partial charge >= 0.3 is 0 Å². The first-order chi connectivity index (χ1) is 12.5. The molecule has 1 heterocycles. The van der Waals surface area contributed by atoms with E-state index in [1.807, 2.05) is 0 Å². The fourth-order valence-corrected chi connectivity index (χ4v) is 2.85. The molecule has 1 aromatic heterocycles. The van der Waals surface area contributed by atoms with Crippen molar-refractivity contribution in [2.24, 2.45) is 5.92 Å². The minimum atomic E-state index is -1.11. The molecule has 6 nitrogen and oxygen atoms in total. The predicted octanol–water partition coefficient (Wildman–Crippen LogP) is 2.51. The Morgan fingerprint density at radius 2 is 2.04 bits per heavy atom. The second-order valence-corrected chi connectivity index (χ2v) is 6.46. The van der Waals surface area contributed by atoms with Crippen LogP contribution in [0.15, 0.2) is 36.4 Å². The van der Waals surface area contributed by atoms with Crippen LogP contribution in [0.1, 0.15) is 57.5 Å². The maximum Gasteiger partial charge on any atom is 0.269 e. The maximum atomic E-state index is 12.5. The van der Waals surface area contributed by atoms with Crippen molar-refractivity contribution < 1.29 is 19.4 Å². The number of aliphatic hydroxyl groups is 1. The van der Waals surface area contributed by atoms with Gasteiger partial charge in [-0.1, -0.05) is 18.2 Å². The number of ketones is 1. The molecular formula is C20H22N2O4. The van der Waals surface area contributed by atoms with Gasteiger partial charge in [-0.3, -0.25) is 9.59 Å². The number of benzene rings is 1. The molecule has 1 aromatic carbocycles. The quantitative estimate of drug-likeness (QED) is 0.746. The number of carbonyl (C=O) groups is 2. The van der Waals surface area contributed by atoms with Gasteiger partial charge < -0.3 is 15.2 Å². The molecule has 1 amide bonds. The summed E-state index contributed by atoms with van der Waals surface area (Å²) in [6, 6.07) is 10.1. The van der Waals surface area contributed by atoms with Crippen LogP contribution in [-0.2, 0) is 0 Å². The summed E-state index contributed by atoms with van der Waals surface area (Å²) in [5.74, 6) is 0.507. The number of methoxy groups -OCH3 is 1. The standard InChI is InChI=1S/C20H22N2O4/c1-21-20(25)16-11-13(17(23)9-12-7-8-12)10-15(22-16)19(24)14-5-3-4-6-18(14)26-2/h3-6,10-12,19,24H,7-9H2,1-2H3,(H,21,25)/t19-/m1/s1. The van der Waals surface area contributed by atoms with E-state index in [1.54, 1.807) is 30.3 Å². The van der Waals surface area contributed by atoms with Gasteiger partial charge in [0.1, 0.15) is 17.5 Å². The van der Waals surface area contributed by atoms with E-state index in [0.29, 0.717) is 29.2 Å². The highest BCUT2D eigenvalue weighted by molar-refractivity contribution is 6.00. The third-order valence-corrected chi connectivity index (χ3v) is 4.51. The molecule has 1 fully saturated rings. The van der Waals surface area contributed by atoms with E-state index in [9.17, 15) is 14.7 Å². The topological polar surface area (TPSA) is 88.5 Å². The highest BCUT2D eigenvalue weighted by atomic mass is 16.5. The number of nitrogens with zero attached hydrogens (tertiary/aromatic N) is 1. The lowest BCUT2D eigenvalue weighted by molar-refractivity contribution is 0.0957. The van der Waals surface area contributed by atoms with Crippen LogP contribution in [0.25, 0.3) is 0 Å². The molecular weight excluding hydrogens is 332 g/mol. The van der Waals surface area contributed by atoms with Crippen molar-refractivity contribution in [3.63, 3.8) is 0 Å². The lowest BCUT2D eigenvalue weighted by Crippen LogP contribution is -2.21. The van der Waals surface area contributed by atoms with Crippen LogP contribution < -0.4 is 10.1 Å². The second-order valence-electron chi connectivity index (χ2n) is 6.46. The Hall–Kier alpha value is -2.73. The van der Waals surface area contributed by atoms with Crippen LogP contribution in [0.3, 0.4) is 0 Å². The van der Waals surface area contributed by atoms with Crippen LogP contribution >= 0.6 is 0 Å². The smallest absolute Gasteiger partial charge is 0.269 e. The van der Waals surface area contributed by atoms with Gasteiger partial charge in [0, 0.05) is 24.6 Å². The van der Waals surface area contributed by atoms with Crippen LogP contribution in [0, 0.1) is 5.92 Å². The van der Waals surface area contributed by atoms with Gasteiger partial charge in [-0.2, -0.15) is 0 Å². The predicted molar refractivity (Wildman–Crippen MR) is 96.4 cm³/mol. The number of pyridine rings is 1. The maximum absolute atomic E-state index is 12.5. The van der Waals surface area contributed by atoms with Crippen molar-refractivity contribution in [1.29, 1.82) is 0 Å². The molecule has 2 N–H and O–H groups in total. The minimum absolute atomic E-state index is 0.0338. The summed E-state index contributed by atoms with van der Waals surface area (Å²) in [4.78, 5) is 28.9. The molecule has 0 radical (unpaired) electrons. The third kappa shape index (κ3) is 3.91.